The number of hydrogen-bond acceptors (Lipinski definition) is 4. The summed E-state index contributed by atoms with van der Waals surface area (Å²) in [6.45, 7) is 0.751. The second-order valence-corrected chi connectivity index (χ2v) is 5.52. The fraction of sp³-hybridized carbons (Fsp3) is 0.429. The number of alkyl halides is 2. The van der Waals surface area contributed by atoms with Crippen molar-refractivity contribution in [1.29, 1.82) is 0 Å². The minimum absolute atomic E-state index is 0.375. The van der Waals surface area contributed by atoms with Crippen LogP contribution in [0.5, 0.6) is 0 Å². The van der Waals surface area contributed by atoms with Gasteiger partial charge in [-0.15, -0.1) is 0 Å². The van der Waals surface area contributed by atoms with Gasteiger partial charge in [-0.3, -0.25) is 0 Å². The average Bonchev–Trinajstić information content (AvgIpc) is 2.47. The van der Waals surface area contributed by atoms with Crippen LogP contribution in [0.1, 0.15) is 33.6 Å². The molecule has 0 aromatic heterocycles. The zero-order valence-corrected chi connectivity index (χ0v) is 14.1. The van der Waals surface area contributed by atoms with E-state index in [-0.39, 0.29) is 11.9 Å². The van der Waals surface area contributed by atoms with Crippen molar-refractivity contribution in [3.63, 3.8) is 0 Å². The summed E-state index contributed by atoms with van der Waals surface area (Å²) >= 11 is 6.52. The topological polar surface area (TPSA) is 52.6 Å². The molecule has 1 aromatic carbocycles. The fourth-order valence-corrected chi connectivity index (χ4v) is 1.81. The first-order valence-electron chi connectivity index (χ1n) is 6.25. The van der Waals surface area contributed by atoms with Crippen molar-refractivity contribution >= 4 is 43.8 Å². The molecule has 1 rings (SSSR count). The Hall–Kier alpha value is -0.880. The Bertz CT molecular complexity index is 390. The Labute approximate surface area is 135 Å². The van der Waals surface area contributed by atoms with Gasteiger partial charge in [0.15, 0.2) is 0 Å². The van der Waals surface area contributed by atoms with Gasteiger partial charge in [-0.2, -0.15) is 0 Å². The van der Waals surface area contributed by atoms with Crippen molar-refractivity contribution in [1.82, 2.24) is 0 Å². The predicted molar refractivity (Wildman–Crippen MR) is 83.8 cm³/mol. The lowest BCUT2D eigenvalue weighted by Crippen LogP contribution is -2.09. The zero-order valence-electron chi connectivity index (χ0n) is 10.9. The highest BCUT2D eigenvalue weighted by atomic mass is 79.9. The lowest BCUT2D eigenvalue weighted by atomic mass is 10.1. The summed E-state index contributed by atoms with van der Waals surface area (Å²) in [6, 6.07) is 6.27. The van der Waals surface area contributed by atoms with E-state index in [2.05, 4.69) is 31.9 Å². The molecule has 1 aromatic rings. The van der Waals surface area contributed by atoms with Crippen molar-refractivity contribution in [3.8, 4) is 0 Å². The van der Waals surface area contributed by atoms with Gasteiger partial charge in [0.2, 0.25) is 0 Å². The Balaban J connectivity index is 2.50. The third-order valence-electron chi connectivity index (χ3n) is 2.38. The number of esters is 2. The second-order valence-electron chi connectivity index (χ2n) is 3.93. The van der Waals surface area contributed by atoms with E-state index in [1.54, 1.807) is 24.3 Å². The summed E-state index contributed by atoms with van der Waals surface area (Å²) in [5.41, 5.74) is 0.855. The van der Waals surface area contributed by atoms with Gasteiger partial charge in [0.05, 0.1) is 24.3 Å². The highest BCUT2D eigenvalue weighted by molar-refractivity contribution is 9.09. The fourth-order valence-electron chi connectivity index (χ4n) is 1.35. The molecule has 0 radical (unpaired) electrons. The van der Waals surface area contributed by atoms with Crippen molar-refractivity contribution in [2.24, 2.45) is 0 Å². The van der Waals surface area contributed by atoms with Crippen molar-refractivity contribution in [3.05, 3.63) is 35.4 Å². The molecule has 0 amide bonds. The molecule has 0 N–H and O–H groups in total. The maximum Gasteiger partial charge on any atom is 0.338 e. The van der Waals surface area contributed by atoms with Gasteiger partial charge in [-0.05, 0) is 37.1 Å². The molecular formula is C14H16Br2O4. The Morgan fingerprint density at radius 2 is 1.15 bits per heavy atom. The van der Waals surface area contributed by atoms with E-state index in [4.69, 9.17) is 9.47 Å². The van der Waals surface area contributed by atoms with Gasteiger partial charge < -0.3 is 9.47 Å². The molecule has 0 fully saturated rings. The largest absolute Gasteiger partial charge is 0.462 e. The van der Waals surface area contributed by atoms with Crippen LogP contribution in [0, 0.1) is 0 Å². The first-order chi connectivity index (χ1) is 9.69. The first kappa shape index (κ1) is 17.2. The van der Waals surface area contributed by atoms with Crippen molar-refractivity contribution in [2.75, 3.05) is 23.9 Å². The van der Waals surface area contributed by atoms with Crippen LogP contribution in [0.2, 0.25) is 0 Å². The predicted octanol–water partition coefficient (Wildman–Crippen LogP) is 3.57. The van der Waals surface area contributed by atoms with Gasteiger partial charge in [-0.1, -0.05) is 31.9 Å². The molecule has 20 heavy (non-hydrogen) atoms. The van der Waals surface area contributed by atoms with Crippen LogP contribution in [-0.2, 0) is 9.47 Å². The number of ether oxygens (including phenoxy) is 2. The van der Waals surface area contributed by atoms with E-state index in [0.29, 0.717) is 24.3 Å². The summed E-state index contributed by atoms with van der Waals surface area (Å²) in [7, 11) is 0. The van der Waals surface area contributed by atoms with E-state index in [1.165, 1.54) is 0 Å². The number of hydrogen-bond donors (Lipinski definition) is 0. The van der Waals surface area contributed by atoms with Crippen LogP contribution in [0.3, 0.4) is 0 Å². The molecule has 0 aliphatic rings. The Morgan fingerprint density at radius 1 is 0.800 bits per heavy atom. The van der Waals surface area contributed by atoms with E-state index in [1.807, 2.05) is 0 Å². The number of rotatable bonds is 8. The molecule has 0 spiro atoms. The third-order valence-corrected chi connectivity index (χ3v) is 3.50. The quantitative estimate of drug-likeness (QED) is 0.375. The summed E-state index contributed by atoms with van der Waals surface area (Å²) in [5, 5.41) is 1.58. The lowest BCUT2D eigenvalue weighted by molar-refractivity contribution is 0.0492. The normalized spacial score (nSPS) is 10.1. The molecular weight excluding hydrogens is 392 g/mol. The molecule has 6 heteroatoms. The van der Waals surface area contributed by atoms with Gasteiger partial charge in [0.25, 0.3) is 0 Å². The van der Waals surface area contributed by atoms with Crippen molar-refractivity contribution in [2.45, 2.75) is 12.8 Å². The summed E-state index contributed by atoms with van der Waals surface area (Å²) in [6.07, 6.45) is 1.54. The van der Waals surface area contributed by atoms with Gasteiger partial charge in [-0.25, -0.2) is 9.59 Å². The monoisotopic (exact) mass is 406 g/mol. The third kappa shape index (κ3) is 6.05. The minimum atomic E-state index is -0.384. The maximum absolute atomic E-state index is 11.7. The average molecular weight is 408 g/mol. The molecule has 0 bridgehead atoms. The van der Waals surface area contributed by atoms with Crippen LogP contribution < -0.4 is 0 Å². The number of halogens is 2. The van der Waals surface area contributed by atoms with E-state index in [9.17, 15) is 9.59 Å². The van der Waals surface area contributed by atoms with E-state index >= 15 is 0 Å². The van der Waals surface area contributed by atoms with Crippen LogP contribution >= 0.6 is 31.9 Å². The van der Waals surface area contributed by atoms with E-state index < -0.39 is 0 Å². The minimum Gasteiger partial charge on any atom is -0.462 e. The molecule has 4 nitrogen and oxygen atoms in total. The van der Waals surface area contributed by atoms with Crippen LogP contribution in [0.25, 0.3) is 0 Å². The first-order valence-corrected chi connectivity index (χ1v) is 8.49. The van der Waals surface area contributed by atoms with E-state index in [0.717, 1.165) is 23.5 Å². The van der Waals surface area contributed by atoms with Gasteiger partial charge >= 0.3 is 11.9 Å². The highest BCUT2D eigenvalue weighted by Gasteiger charge is 2.10. The molecule has 0 aliphatic carbocycles. The standard InChI is InChI=1S/C14H16Br2O4/c15-7-1-9-19-13(17)11-3-5-12(6-4-11)14(18)20-10-2-8-16/h3-6H,1-2,7-10H2. The Morgan fingerprint density at radius 3 is 1.45 bits per heavy atom. The van der Waals surface area contributed by atoms with Crippen LogP contribution in [0.15, 0.2) is 24.3 Å². The lowest BCUT2D eigenvalue weighted by Gasteiger charge is -2.05. The smallest absolute Gasteiger partial charge is 0.338 e. The molecule has 0 saturated heterocycles. The Kier molecular flexibility index (Phi) is 8.53. The summed E-state index contributed by atoms with van der Waals surface area (Å²) < 4.78 is 10.1. The van der Waals surface area contributed by atoms with Gasteiger partial charge in [0.1, 0.15) is 0 Å². The molecule has 0 heterocycles. The van der Waals surface area contributed by atoms with Gasteiger partial charge in [0, 0.05) is 10.7 Å². The number of benzene rings is 1. The number of carbonyl (C=O) groups is 2. The molecule has 0 saturated carbocycles. The molecule has 0 unspecified atom stereocenters. The second kappa shape index (κ2) is 9.94. The number of carbonyl (C=O) groups excluding carboxylic acids is 2. The van der Waals surface area contributed by atoms with Crippen LogP contribution in [0.4, 0.5) is 0 Å². The molecule has 0 atom stereocenters. The summed E-state index contributed by atoms with van der Waals surface area (Å²) in [4.78, 5) is 23.3. The zero-order chi connectivity index (χ0) is 14.8. The summed E-state index contributed by atoms with van der Waals surface area (Å²) in [5.74, 6) is -0.768. The molecule has 110 valence electrons. The van der Waals surface area contributed by atoms with Crippen LogP contribution in [-0.4, -0.2) is 35.8 Å². The highest BCUT2D eigenvalue weighted by Crippen LogP contribution is 2.08. The SMILES string of the molecule is O=C(OCCCBr)c1ccc(C(=O)OCCCBr)cc1. The molecule has 0 aliphatic heterocycles. The van der Waals surface area contributed by atoms with Crippen molar-refractivity contribution < 1.29 is 19.1 Å². The maximum atomic E-state index is 11.7.